The van der Waals surface area contributed by atoms with Gasteiger partial charge in [-0.2, -0.15) is 5.10 Å². The molecule has 0 amide bonds. The molecule has 20 heavy (non-hydrogen) atoms. The number of rotatable bonds is 3. The Bertz CT molecular complexity index is 571. The molecule has 3 heterocycles. The van der Waals surface area contributed by atoms with Crippen molar-refractivity contribution in [2.45, 2.75) is 6.92 Å². The lowest BCUT2D eigenvalue weighted by Crippen LogP contribution is -2.45. The van der Waals surface area contributed by atoms with Crippen molar-refractivity contribution in [1.29, 1.82) is 0 Å². The third kappa shape index (κ3) is 2.99. The Morgan fingerprint density at radius 3 is 2.70 bits per heavy atom. The molecule has 0 aliphatic carbocycles. The second-order valence-corrected chi connectivity index (χ2v) is 5.85. The summed E-state index contributed by atoms with van der Waals surface area (Å²) in [6, 6.07) is 8.33. The molecule has 4 nitrogen and oxygen atoms in total. The van der Waals surface area contributed by atoms with Gasteiger partial charge in [0.2, 0.25) is 0 Å². The van der Waals surface area contributed by atoms with E-state index in [-0.39, 0.29) is 0 Å². The second kappa shape index (κ2) is 6.05. The number of thiophene rings is 1. The summed E-state index contributed by atoms with van der Waals surface area (Å²) in [5.41, 5.74) is 1.30. The van der Waals surface area contributed by atoms with Crippen LogP contribution in [0, 0.1) is 6.92 Å². The second-order valence-electron chi connectivity index (χ2n) is 4.90. The predicted molar refractivity (Wildman–Crippen MR) is 83.4 cm³/mol. The van der Waals surface area contributed by atoms with E-state index in [9.17, 15) is 0 Å². The highest BCUT2D eigenvalue weighted by atomic mass is 32.1. The highest BCUT2D eigenvalue weighted by molar-refractivity contribution is 7.11. The number of piperazine rings is 1. The Balaban J connectivity index is 1.57. The van der Waals surface area contributed by atoms with Crippen LogP contribution in [0.5, 0.6) is 0 Å². The molecule has 2 aromatic heterocycles. The summed E-state index contributed by atoms with van der Waals surface area (Å²) >= 11 is 1.74. The molecule has 1 saturated heterocycles. The van der Waals surface area contributed by atoms with Gasteiger partial charge in [-0.25, -0.2) is 4.98 Å². The van der Waals surface area contributed by atoms with Gasteiger partial charge < -0.3 is 0 Å². The smallest absolute Gasteiger partial charge is 0.274 e. The number of hydrogen-bond donors (Lipinski definition) is 0. The number of aromatic nitrogens is 1. The van der Waals surface area contributed by atoms with Crippen molar-refractivity contribution < 1.29 is 4.98 Å². The van der Waals surface area contributed by atoms with Crippen molar-refractivity contribution in [2.24, 2.45) is 5.10 Å². The van der Waals surface area contributed by atoms with Crippen LogP contribution in [0.25, 0.3) is 0 Å². The van der Waals surface area contributed by atoms with E-state index in [4.69, 9.17) is 0 Å². The van der Waals surface area contributed by atoms with Crippen LogP contribution in [-0.2, 0) is 0 Å². The van der Waals surface area contributed by atoms with Crippen molar-refractivity contribution in [2.75, 3.05) is 31.1 Å². The highest BCUT2D eigenvalue weighted by Gasteiger charge is 2.21. The summed E-state index contributed by atoms with van der Waals surface area (Å²) in [7, 11) is 0. The van der Waals surface area contributed by atoms with Crippen LogP contribution in [0.1, 0.15) is 10.4 Å². The van der Waals surface area contributed by atoms with Crippen molar-refractivity contribution in [3.8, 4) is 0 Å². The Kier molecular flexibility index (Phi) is 3.97. The molecular formula is C15H19N4S+. The van der Waals surface area contributed by atoms with Gasteiger partial charge in [-0.15, -0.1) is 11.3 Å². The molecule has 0 spiro atoms. The van der Waals surface area contributed by atoms with Crippen molar-refractivity contribution in [3.63, 3.8) is 0 Å². The number of aryl methyl sites for hydroxylation is 1. The summed E-state index contributed by atoms with van der Waals surface area (Å²) in [5, 5.41) is 8.86. The van der Waals surface area contributed by atoms with Crippen LogP contribution in [0.2, 0.25) is 0 Å². The average molecular weight is 287 g/mol. The number of anilines is 1. The minimum Gasteiger partial charge on any atom is -0.289 e. The first-order valence-corrected chi connectivity index (χ1v) is 7.75. The van der Waals surface area contributed by atoms with Gasteiger partial charge in [0.1, 0.15) is 13.1 Å². The maximum atomic E-state index is 4.60. The fourth-order valence-electron chi connectivity index (χ4n) is 2.28. The van der Waals surface area contributed by atoms with Gasteiger partial charge in [-0.05, 0) is 30.0 Å². The molecule has 1 fully saturated rings. The molecule has 1 aliphatic heterocycles. The van der Waals surface area contributed by atoms with Crippen LogP contribution < -0.4 is 9.88 Å². The van der Waals surface area contributed by atoms with Gasteiger partial charge in [-0.3, -0.25) is 9.91 Å². The number of aromatic amines is 1. The van der Waals surface area contributed by atoms with Gasteiger partial charge in [0, 0.05) is 10.9 Å². The fraction of sp³-hybridized carbons (Fsp3) is 0.333. The molecule has 3 rings (SSSR count). The van der Waals surface area contributed by atoms with Gasteiger partial charge in [0.05, 0.1) is 25.5 Å². The van der Waals surface area contributed by atoms with Crippen LogP contribution in [0.3, 0.4) is 0 Å². The highest BCUT2D eigenvalue weighted by Crippen LogP contribution is 2.14. The van der Waals surface area contributed by atoms with Gasteiger partial charge in [0.25, 0.3) is 5.82 Å². The van der Waals surface area contributed by atoms with Gasteiger partial charge in [0.15, 0.2) is 0 Å². The van der Waals surface area contributed by atoms with E-state index in [0.717, 1.165) is 26.2 Å². The number of pyridine rings is 1. The van der Waals surface area contributed by atoms with E-state index < -0.39 is 0 Å². The lowest BCUT2D eigenvalue weighted by Gasteiger charge is -2.28. The Morgan fingerprint density at radius 2 is 2.05 bits per heavy atom. The molecule has 1 N–H and O–H groups in total. The SMILES string of the molecule is Cc1ccsc1/C=N/N1CCN(c2cccc[nH+]2)CC1. The largest absolute Gasteiger partial charge is 0.289 e. The number of nitrogens with zero attached hydrogens (tertiary/aromatic N) is 3. The average Bonchev–Trinajstić information content (AvgIpc) is 2.92. The number of H-pyrrole nitrogens is 1. The molecule has 1 aliphatic rings. The van der Waals surface area contributed by atoms with E-state index in [1.807, 2.05) is 18.5 Å². The zero-order chi connectivity index (χ0) is 13.8. The monoisotopic (exact) mass is 287 g/mol. The maximum Gasteiger partial charge on any atom is 0.274 e. The third-order valence-corrected chi connectivity index (χ3v) is 4.48. The molecular weight excluding hydrogens is 268 g/mol. The summed E-state index contributed by atoms with van der Waals surface area (Å²) in [4.78, 5) is 6.90. The van der Waals surface area contributed by atoms with Crippen LogP contribution in [0.15, 0.2) is 40.9 Å². The standard InChI is InChI=1S/C15H18N4S/c1-13-5-11-20-14(13)12-17-19-9-7-18(8-10-19)15-4-2-3-6-16-15/h2-6,11-12H,7-10H2,1H3/p+1/b17-12+. The lowest BCUT2D eigenvalue weighted by molar-refractivity contribution is -0.364. The molecule has 0 radical (unpaired) electrons. The molecule has 5 heteroatoms. The third-order valence-electron chi connectivity index (χ3n) is 3.53. The topological polar surface area (TPSA) is 33.0 Å². The summed E-state index contributed by atoms with van der Waals surface area (Å²) < 4.78 is 0. The molecule has 0 atom stereocenters. The minimum absolute atomic E-state index is 0.962. The number of nitrogens with one attached hydrogen (secondary N) is 1. The minimum atomic E-state index is 0.962. The summed E-state index contributed by atoms with van der Waals surface area (Å²) in [5.74, 6) is 1.19. The first-order chi connectivity index (χ1) is 9.83. The van der Waals surface area contributed by atoms with Crippen molar-refractivity contribution >= 4 is 23.4 Å². The quantitative estimate of drug-likeness (QED) is 0.809. The fourth-order valence-corrected chi connectivity index (χ4v) is 3.06. The number of hydrazone groups is 1. The molecule has 0 bridgehead atoms. The normalized spacial score (nSPS) is 16.1. The molecule has 2 aromatic rings. The molecule has 0 saturated carbocycles. The van der Waals surface area contributed by atoms with E-state index in [0.29, 0.717) is 0 Å². The lowest BCUT2D eigenvalue weighted by atomic mass is 10.3. The Morgan fingerprint density at radius 1 is 1.20 bits per heavy atom. The van der Waals surface area contributed by atoms with E-state index in [1.165, 1.54) is 16.3 Å². The Labute approximate surface area is 123 Å². The summed E-state index contributed by atoms with van der Waals surface area (Å²) in [6.07, 6.45) is 3.96. The first-order valence-electron chi connectivity index (χ1n) is 6.87. The zero-order valence-electron chi connectivity index (χ0n) is 11.6. The van der Waals surface area contributed by atoms with Crippen LogP contribution >= 0.6 is 11.3 Å². The van der Waals surface area contributed by atoms with E-state index in [1.54, 1.807) is 11.3 Å². The van der Waals surface area contributed by atoms with Gasteiger partial charge >= 0.3 is 0 Å². The molecule has 104 valence electrons. The van der Waals surface area contributed by atoms with E-state index >= 15 is 0 Å². The first kappa shape index (κ1) is 13.1. The van der Waals surface area contributed by atoms with E-state index in [2.05, 4.69) is 50.5 Å². The van der Waals surface area contributed by atoms with Crippen LogP contribution in [0.4, 0.5) is 5.82 Å². The van der Waals surface area contributed by atoms with Crippen molar-refractivity contribution in [1.82, 2.24) is 5.01 Å². The Hall–Kier alpha value is -1.88. The molecule has 0 unspecified atom stereocenters. The number of hydrogen-bond acceptors (Lipinski definition) is 4. The zero-order valence-corrected chi connectivity index (χ0v) is 12.4. The summed E-state index contributed by atoms with van der Waals surface area (Å²) in [6.45, 7) is 6.05. The predicted octanol–water partition coefficient (Wildman–Crippen LogP) is 2.03. The maximum absolute atomic E-state index is 4.60. The van der Waals surface area contributed by atoms with Crippen molar-refractivity contribution in [3.05, 3.63) is 46.3 Å². The van der Waals surface area contributed by atoms with Crippen LogP contribution in [-0.4, -0.2) is 37.4 Å². The molecule has 0 aromatic carbocycles. The van der Waals surface area contributed by atoms with Gasteiger partial charge in [-0.1, -0.05) is 6.07 Å².